The zero-order valence-corrected chi connectivity index (χ0v) is 24.7. The Morgan fingerprint density at radius 1 is 1.00 bits per heavy atom. The second kappa shape index (κ2) is 11.7. The molecule has 7 rings (SSSR count). The molecule has 2 saturated carbocycles. The van der Waals surface area contributed by atoms with Gasteiger partial charge in [-0.1, -0.05) is 49.9 Å². The topological polar surface area (TPSA) is 96.2 Å². The predicted octanol–water partition coefficient (Wildman–Crippen LogP) is 6.43. The summed E-state index contributed by atoms with van der Waals surface area (Å²) < 4.78 is 14.6. The first-order valence-corrected chi connectivity index (χ1v) is 15.9. The number of aromatic nitrogens is 5. The standard InChI is InChI=1S/C34H39FN6O2/c1-21-27(19-35)20-40(21)34(43)30-31(32-36-15-4-16-37-32)39-41-29(42)18-28(38-33(30)41)26-13-11-25(12-14-26)24-9-7-23(8-10-24)17-22-5-2-3-6-22/h4,11-16,18,21-24,27,38H,2-3,5-10,17,19-20H2,1H3/t21-,23?,24?,27-/m1/s1. The Morgan fingerprint density at radius 2 is 1.70 bits per heavy atom. The van der Waals surface area contributed by atoms with Gasteiger partial charge in [0.2, 0.25) is 0 Å². The number of benzene rings is 1. The lowest BCUT2D eigenvalue weighted by Gasteiger charge is -2.45. The summed E-state index contributed by atoms with van der Waals surface area (Å²) in [5, 5.41) is 4.48. The van der Waals surface area contributed by atoms with Gasteiger partial charge < -0.3 is 9.88 Å². The molecule has 3 aromatic heterocycles. The van der Waals surface area contributed by atoms with E-state index >= 15 is 0 Å². The molecule has 1 N–H and O–H groups in total. The molecule has 2 aliphatic carbocycles. The summed E-state index contributed by atoms with van der Waals surface area (Å²) in [5.41, 5.74) is 3.20. The molecule has 224 valence electrons. The third-order valence-electron chi connectivity index (χ3n) is 10.4. The van der Waals surface area contributed by atoms with Crippen molar-refractivity contribution in [1.29, 1.82) is 0 Å². The van der Waals surface area contributed by atoms with Gasteiger partial charge in [-0.25, -0.2) is 9.97 Å². The van der Waals surface area contributed by atoms with Crippen LogP contribution < -0.4 is 5.56 Å². The van der Waals surface area contributed by atoms with E-state index in [1.54, 1.807) is 23.4 Å². The highest BCUT2D eigenvalue weighted by Crippen LogP contribution is 2.41. The van der Waals surface area contributed by atoms with Crippen molar-refractivity contribution in [3.05, 3.63) is 70.3 Å². The van der Waals surface area contributed by atoms with Crippen molar-refractivity contribution in [1.82, 2.24) is 29.5 Å². The molecule has 43 heavy (non-hydrogen) atoms. The lowest BCUT2D eigenvalue weighted by Crippen LogP contribution is -2.58. The number of fused-ring (bicyclic) bond motifs is 1. The maximum Gasteiger partial charge on any atom is 0.274 e. The molecule has 1 saturated heterocycles. The van der Waals surface area contributed by atoms with Crippen LogP contribution in [0.25, 0.3) is 28.4 Å². The van der Waals surface area contributed by atoms with E-state index in [1.807, 2.05) is 6.92 Å². The molecule has 0 spiro atoms. The van der Waals surface area contributed by atoms with Crippen LogP contribution in [0, 0.1) is 17.8 Å². The van der Waals surface area contributed by atoms with Crippen LogP contribution in [0.4, 0.5) is 4.39 Å². The van der Waals surface area contributed by atoms with E-state index in [0.717, 1.165) is 17.4 Å². The van der Waals surface area contributed by atoms with Crippen molar-refractivity contribution in [2.75, 3.05) is 13.2 Å². The van der Waals surface area contributed by atoms with Gasteiger partial charge in [0.1, 0.15) is 11.3 Å². The summed E-state index contributed by atoms with van der Waals surface area (Å²) in [6.07, 6.45) is 15.4. The minimum atomic E-state index is -0.479. The summed E-state index contributed by atoms with van der Waals surface area (Å²) in [4.78, 5) is 40.7. The van der Waals surface area contributed by atoms with E-state index in [2.05, 4.69) is 44.3 Å². The van der Waals surface area contributed by atoms with E-state index in [0.29, 0.717) is 18.2 Å². The number of amides is 1. The molecule has 1 amide bonds. The summed E-state index contributed by atoms with van der Waals surface area (Å²) >= 11 is 0. The first-order chi connectivity index (χ1) is 21.0. The van der Waals surface area contributed by atoms with Crippen LogP contribution >= 0.6 is 0 Å². The third kappa shape index (κ3) is 5.27. The molecule has 0 bridgehead atoms. The lowest BCUT2D eigenvalue weighted by atomic mass is 9.75. The maximum absolute atomic E-state index is 13.8. The molecule has 1 aliphatic heterocycles. The number of halogens is 1. The first kappa shape index (κ1) is 27.9. The van der Waals surface area contributed by atoms with Gasteiger partial charge in [0.25, 0.3) is 11.5 Å². The fourth-order valence-electron chi connectivity index (χ4n) is 7.64. The van der Waals surface area contributed by atoms with Crippen LogP contribution in [0.1, 0.15) is 86.6 Å². The van der Waals surface area contributed by atoms with E-state index in [1.165, 1.54) is 73.9 Å². The van der Waals surface area contributed by atoms with Crippen LogP contribution in [0.2, 0.25) is 0 Å². The molecule has 8 nitrogen and oxygen atoms in total. The molecule has 3 fully saturated rings. The van der Waals surface area contributed by atoms with Crippen LogP contribution in [0.15, 0.2) is 53.6 Å². The van der Waals surface area contributed by atoms with Crippen LogP contribution in [-0.4, -0.2) is 54.6 Å². The zero-order valence-electron chi connectivity index (χ0n) is 24.7. The van der Waals surface area contributed by atoms with Gasteiger partial charge in [-0.05, 0) is 74.0 Å². The Balaban J connectivity index is 1.17. The number of nitrogens with zero attached hydrogens (tertiary/aromatic N) is 5. The van der Waals surface area contributed by atoms with Crippen molar-refractivity contribution in [2.45, 2.75) is 76.7 Å². The highest BCUT2D eigenvalue weighted by atomic mass is 19.1. The minimum Gasteiger partial charge on any atom is -0.339 e. The highest BCUT2D eigenvalue weighted by molar-refractivity contribution is 6.05. The van der Waals surface area contributed by atoms with Crippen LogP contribution in [-0.2, 0) is 0 Å². The zero-order chi connectivity index (χ0) is 29.5. The van der Waals surface area contributed by atoms with Crippen LogP contribution in [0.3, 0.4) is 0 Å². The number of hydrogen-bond donors (Lipinski definition) is 1. The molecule has 2 atom stereocenters. The SMILES string of the molecule is C[C@@H]1[C@H](CF)CN1C(=O)c1c(-c2ncccn2)nn2c(=O)cc(-c3ccc(C4CCC(CC5CCCC5)CC4)cc3)[nH]c12. The Bertz CT molecular complexity index is 1650. The largest absolute Gasteiger partial charge is 0.339 e. The van der Waals surface area contributed by atoms with Crippen molar-refractivity contribution >= 4 is 11.6 Å². The summed E-state index contributed by atoms with van der Waals surface area (Å²) in [6.45, 7) is 1.68. The molecule has 3 aliphatic rings. The van der Waals surface area contributed by atoms with E-state index in [-0.39, 0.29) is 46.2 Å². The van der Waals surface area contributed by atoms with Crippen molar-refractivity contribution < 1.29 is 9.18 Å². The fourth-order valence-corrected chi connectivity index (χ4v) is 7.64. The molecule has 0 radical (unpaired) electrons. The van der Waals surface area contributed by atoms with Crippen molar-refractivity contribution in [3.63, 3.8) is 0 Å². The van der Waals surface area contributed by atoms with Gasteiger partial charge in [0.05, 0.1) is 12.4 Å². The molecule has 0 unspecified atom stereocenters. The lowest BCUT2D eigenvalue weighted by molar-refractivity contribution is 0.0142. The highest BCUT2D eigenvalue weighted by Gasteiger charge is 2.41. The monoisotopic (exact) mass is 582 g/mol. The number of hydrogen-bond acceptors (Lipinski definition) is 5. The number of carbonyl (C=O) groups is 1. The average molecular weight is 583 g/mol. The minimum absolute atomic E-state index is 0.197. The van der Waals surface area contributed by atoms with Crippen molar-refractivity contribution in [2.24, 2.45) is 17.8 Å². The molecule has 9 heteroatoms. The number of carbonyl (C=O) groups excluding carboxylic acids is 1. The molecular weight excluding hydrogens is 543 g/mol. The smallest absolute Gasteiger partial charge is 0.274 e. The van der Waals surface area contributed by atoms with Gasteiger partial charge >= 0.3 is 0 Å². The number of aromatic amines is 1. The number of rotatable bonds is 7. The third-order valence-corrected chi connectivity index (χ3v) is 10.4. The first-order valence-electron chi connectivity index (χ1n) is 15.9. The van der Waals surface area contributed by atoms with Gasteiger partial charge in [0.15, 0.2) is 11.5 Å². The molecular formula is C34H39FN6O2. The van der Waals surface area contributed by atoms with E-state index in [9.17, 15) is 14.0 Å². The van der Waals surface area contributed by atoms with E-state index < -0.39 is 6.67 Å². The molecule has 4 aromatic rings. The molecule has 4 heterocycles. The number of nitrogens with one attached hydrogen (secondary N) is 1. The summed E-state index contributed by atoms with van der Waals surface area (Å²) in [7, 11) is 0. The fraction of sp³-hybridized carbons (Fsp3) is 0.500. The Labute approximate surface area is 250 Å². The number of alkyl halides is 1. The van der Waals surface area contributed by atoms with E-state index in [4.69, 9.17) is 0 Å². The Hall–Kier alpha value is -3.88. The molecule has 1 aromatic carbocycles. The maximum atomic E-state index is 13.8. The van der Waals surface area contributed by atoms with Gasteiger partial charge in [0, 0.05) is 37.0 Å². The predicted molar refractivity (Wildman–Crippen MR) is 164 cm³/mol. The van der Waals surface area contributed by atoms with Crippen molar-refractivity contribution in [3.8, 4) is 22.8 Å². The second-order valence-corrected chi connectivity index (χ2v) is 12.9. The average Bonchev–Trinajstić information content (AvgIpc) is 3.70. The number of H-pyrrole nitrogens is 1. The van der Waals surface area contributed by atoms with Gasteiger partial charge in [-0.15, -0.1) is 0 Å². The van der Waals surface area contributed by atoms with Crippen LogP contribution in [0.5, 0.6) is 0 Å². The second-order valence-electron chi connectivity index (χ2n) is 12.9. The van der Waals surface area contributed by atoms with Gasteiger partial charge in [-0.3, -0.25) is 14.0 Å². The Kier molecular flexibility index (Phi) is 7.57. The summed E-state index contributed by atoms with van der Waals surface area (Å²) in [5.74, 6) is 2.16. The normalized spacial score (nSPS) is 24.4. The summed E-state index contributed by atoms with van der Waals surface area (Å²) in [6, 6.07) is 11.4. The number of likely N-dealkylation sites (tertiary alicyclic amines) is 1. The Morgan fingerprint density at radius 3 is 2.37 bits per heavy atom. The van der Waals surface area contributed by atoms with Gasteiger partial charge in [-0.2, -0.15) is 9.61 Å². The quantitative estimate of drug-likeness (QED) is 0.271.